The van der Waals surface area contributed by atoms with Gasteiger partial charge in [0.05, 0.1) is 6.10 Å². The van der Waals surface area contributed by atoms with Crippen LogP contribution in [0, 0.1) is 40.4 Å². The quantitative estimate of drug-likeness (QED) is 0.438. The van der Waals surface area contributed by atoms with Crippen LogP contribution in [0.1, 0.15) is 78.6 Å². The molecule has 0 amide bonds. The summed E-state index contributed by atoms with van der Waals surface area (Å²) in [6.45, 7) is 6.59. The lowest BCUT2D eigenvalue weighted by molar-refractivity contribution is -0.309. The zero-order valence-electron chi connectivity index (χ0n) is 21.1. The van der Waals surface area contributed by atoms with Crippen LogP contribution in [0.2, 0.25) is 0 Å². The minimum Gasteiger partial charge on any atom is -0.479 e. The third-order valence-corrected chi connectivity index (χ3v) is 11.2. The zero-order chi connectivity index (χ0) is 25.3. The summed E-state index contributed by atoms with van der Waals surface area (Å²) >= 11 is 0. The van der Waals surface area contributed by atoms with E-state index >= 15 is 0 Å². The molecule has 5 aliphatic rings. The number of rotatable bonds is 4. The topological polar surface area (TPSA) is 134 Å². The molecule has 4 aliphatic carbocycles. The van der Waals surface area contributed by atoms with Crippen LogP contribution in [0.3, 0.4) is 0 Å². The fraction of sp³-hybridized carbons (Fsp3) is 0.926. The molecule has 1 aliphatic heterocycles. The van der Waals surface area contributed by atoms with Crippen LogP contribution in [0.4, 0.5) is 0 Å². The first-order valence-electron chi connectivity index (χ1n) is 13.6. The van der Waals surface area contributed by atoms with Gasteiger partial charge in [-0.2, -0.15) is 0 Å². The minimum atomic E-state index is -1.71. The van der Waals surface area contributed by atoms with E-state index in [1.165, 1.54) is 19.3 Å². The number of aliphatic hydroxyl groups excluding tert-OH is 3. The van der Waals surface area contributed by atoms with E-state index in [0.717, 1.165) is 38.5 Å². The number of Topliss-reactive ketones (excluding diaryl/α,β-unsaturated/α-hetero) is 1. The Balaban J connectivity index is 1.26. The average molecular weight is 495 g/mol. The van der Waals surface area contributed by atoms with E-state index in [1.807, 2.05) is 0 Å². The molecule has 0 aromatic heterocycles. The van der Waals surface area contributed by atoms with Gasteiger partial charge in [0.1, 0.15) is 24.1 Å². The molecule has 0 spiro atoms. The maximum Gasteiger partial charge on any atom is 0.335 e. The van der Waals surface area contributed by atoms with Crippen molar-refractivity contribution in [1.82, 2.24) is 0 Å². The molecule has 0 aromatic rings. The van der Waals surface area contributed by atoms with Gasteiger partial charge in [-0.1, -0.05) is 13.8 Å². The molecule has 13 unspecified atom stereocenters. The predicted octanol–water partition coefficient (Wildman–Crippen LogP) is 2.51. The van der Waals surface area contributed by atoms with Gasteiger partial charge < -0.3 is 29.9 Å². The molecule has 1 saturated heterocycles. The molecule has 4 N–H and O–H groups in total. The maximum atomic E-state index is 12.4. The summed E-state index contributed by atoms with van der Waals surface area (Å²) in [4.78, 5) is 23.8. The van der Waals surface area contributed by atoms with Crippen molar-refractivity contribution in [1.29, 1.82) is 0 Å². The van der Waals surface area contributed by atoms with Gasteiger partial charge in [0.15, 0.2) is 12.4 Å². The average Bonchev–Trinajstić information content (AvgIpc) is 3.17. The van der Waals surface area contributed by atoms with Crippen LogP contribution < -0.4 is 0 Å². The van der Waals surface area contributed by atoms with E-state index in [0.29, 0.717) is 29.5 Å². The van der Waals surface area contributed by atoms with E-state index in [4.69, 9.17) is 9.47 Å². The molecule has 1 heterocycles. The van der Waals surface area contributed by atoms with Gasteiger partial charge in [-0.25, -0.2) is 4.79 Å². The number of ketones is 1. The number of ether oxygens (including phenoxy) is 2. The highest BCUT2D eigenvalue weighted by molar-refractivity contribution is 5.79. The molecule has 8 heteroatoms. The van der Waals surface area contributed by atoms with Crippen molar-refractivity contribution in [3.05, 3.63) is 0 Å². The summed E-state index contributed by atoms with van der Waals surface area (Å²) in [5.41, 5.74) is 0.362. The first-order valence-corrected chi connectivity index (χ1v) is 13.6. The largest absolute Gasteiger partial charge is 0.479 e. The van der Waals surface area contributed by atoms with Gasteiger partial charge in [-0.05, 0) is 99.2 Å². The number of aliphatic hydroxyl groups is 3. The van der Waals surface area contributed by atoms with Crippen LogP contribution in [-0.2, 0) is 19.1 Å². The molecule has 35 heavy (non-hydrogen) atoms. The van der Waals surface area contributed by atoms with Crippen molar-refractivity contribution in [2.45, 2.75) is 115 Å². The van der Waals surface area contributed by atoms with Gasteiger partial charge in [-0.3, -0.25) is 4.79 Å². The minimum absolute atomic E-state index is 0.150. The van der Waals surface area contributed by atoms with E-state index in [2.05, 4.69) is 13.8 Å². The van der Waals surface area contributed by atoms with Crippen molar-refractivity contribution >= 4 is 11.8 Å². The molecule has 0 aromatic carbocycles. The first-order chi connectivity index (χ1) is 16.5. The molecule has 13 atom stereocenters. The Morgan fingerprint density at radius 2 is 1.54 bits per heavy atom. The number of fused-ring (bicyclic) bond motifs is 5. The lowest BCUT2D eigenvalue weighted by Gasteiger charge is -2.61. The molecule has 0 bridgehead atoms. The molecular weight excluding hydrogens is 452 g/mol. The smallest absolute Gasteiger partial charge is 0.335 e. The Morgan fingerprint density at radius 3 is 2.23 bits per heavy atom. The van der Waals surface area contributed by atoms with Crippen molar-refractivity contribution in [2.24, 2.45) is 40.4 Å². The van der Waals surface area contributed by atoms with E-state index in [1.54, 1.807) is 6.92 Å². The summed E-state index contributed by atoms with van der Waals surface area (Å²) < 4.78 is 11.4. The van der Waals surface area contributed by atoms with Crippen LogP contribution >= 0.6 is 0 Å². The highest BCUT2D eigenvalue weighted by atomic mass is 16.7. The van der Waals surface area contributed by atoms with E-state index in [9.17, 15) is 30.0 Å². The van der Waals surface area contributed by atoms with Crippen molar-refractivity contribution in [3.63, 3.8) is 0 Å². The Hall–Kier alpha value is -1.06. The summed E-state index contributed by atoms with van der Waals surface area (Å²) in [6, 6.07) is 0. The standard InChI is InChI=1S/C27H42O8/c1-13(28)17-6-7-18-16-5-4-14-12-15(8-10-26(14,2)19(16)9-11-27(17,18)3)34-25-22(31)20(29)21(30)23(35-25)24(32)33/h14-23,25,29-31H,4-12H2,1-3H3,(H,32,33). The van der Waals surface area contributed by atoms with Crippen LogP contribution in [0.5, 0.6) is 0 Å². The third kappa shape index (κ3) is 3.99. The lowest BCUT2D eigenvalue weighted by atomic mass is 9.44. The SMILES string of the molecule is CC(=O)C1CCC2C3CCC4CC(OC5OC(C(=O)O)C(O)C(O)C5O)CCC4(C)C3CCC12C. The fourth-order valence-corrected chi connectivity index (χ4v) is 9.36. The third-order valence-electron chi connectivity index (χ3n) is 11.2. The molecule has 8 nitrogen and oxygen atoms in total. The number of carboxylic acids is 1. The van der Waals surface area contributed by atoms with Crippen LogP contribution in [0.25, 0.3) is 0 Å². The van der Waals surface area contributed by atoms with Gasteiger partial charge in [0.25, 0.3) is 0 Å². The molecule has 5 rings (SSSR count). The summed E-state index contributed by atoms with van der Waals surface area (Å²) in [5, 5.41) is 39.7. The van der Waals surface area contributed by atoms with Gasteiger partial charge in [0.2, 0.25) is 0 Å². The Kier molecular flexibility index (Phi) is 6.61. The van der Waals surface area contributed by atoms with Crippen molar-refractivity contribution in [2.75, 3.05) is 0 Å². The van der Waals surface area contributed by atoms with Gasteiger partial charge >= 0.3 is 5.97 Å². The van der Waals surface area contributed by atoms with Crippen LogP contribution in [-0.4, -0.2) is 69.0 Å². The monoisotopic (exact) mass is 494 g/mol. The van der Waals surface area contributed by atoms with Crippen molar-refractivity contribution < 1.29 is 39.5 Å². The molecular formula is C27H42O8. The molecule has 198 valence electrons. The number of hydrogen-bond acceptors (Lipinski definition) is 7. The second-order valence-electron chi connectivity index (χ2n) is 12.7. The second-order valence-corrected chi connectivity index (χ2v) is 12.7. The normalized spacial score (nSPS) is 53.8. The lowest BCUT2D eigenvalue weighted by Crippen LogP contribution is -2.61. The molecule has 5 fully saturated rings. The van der Waals surface area contributed by atoms with Gasteiger partial charge in [-0.15, -0.1) is 0 Å². The Morgan fingerprint density at radius 1 is 0.857 bits per heavy atom. The summed E-state index contributed by atoms with van der Waals surface area (Å²) in [5.74, 6) is 1.62. The summed E-state index contributed by atoms with van der Waals surface area (Å²) in [7, 11) is 0. The van der Waals surface area contributed by atoms with E-state index in [-0.39, 0.29) is 22.9 Å². The number of hydrogen-bond donors (Lipinski definition) is 4. The van der Waals surface area contributed by atoms with Crippen molar-refractivity contribution in [3.8, 4) is 0 Å². The maximum absolute atomic E-state index is 12.4. The van der Waals surface area contributed by atoms with Gasteiger partial charge in [0, 0.05) is 5.92 Å². The molecule has 0 radical (unpaired) electrons. The Bertz CT molecular complexity index is 847. The van der Waals surface area contributed by atoms with E-state index < -0.39 is 36.7 Å². The van der Waals surface area contributed by atoms with Crippen LogP contribution in [0.15, 0.2) is 0 Å². The molecule has 4 saturated carbocycles. The predicted molar refractivity (Wildman–Crippen MR) is 125 cm³/mol. The number of carbonyl (C=O) groups is 2. The number of aliphatic carboxylic acids is 1. The first kappa shape index (κ1) is 25.6. The highest BCUT2D eigenvalue weighted by Crippen LogP contribution is 2.67. The summed E-state index contributed by atoms with van der Waals surface area (Å²) in [6.07, 6.45) is 1.46. The highest BCUT2D eigenvalue weighted by Gasteiger charge is 2.61. The second kappa shape index (κ2) is 9.05. The number of carbonyl (C=O) groups excluding carboxylic acids is 1. The zero-order valence-corrected chi connectivity index (χ0v) is 21.1. The Labute approximate surface area is 207 Å². The fourth-order valence-electron chi connectivity index (χ4n) is 9.36. The number of carboxylic acid groups (broad SMARTS) is 1.